The molecule has 0 aliphatic heterocycles. The first-order chi connectivity index (χ1) is 9.38. The van der Waals surface area contributed by atoms with Gasteiger partial charge in [-0.2, -0.15) is 13.2 Å². The van der Waals surface area contributed by atoms with E-state index in [1.165, 1.54) is 6.07 Å². The van der Waals surface area contributed by atoms with Gasteiger partial charge in [0, 0.05) is 12.4 Å². The van der Waals surface area contributed by atoms with E-state index in [0.717, 1.165) is 23.7 Å². The summed E-state index contributed by atoms with van der Waals surface area (Å²) >= 11 is 0. The van der Waals surface area contributed by atoms with E-state index in [-0.39, 0.29) is 6.04 Å². The monoisotopic (exact) mass is 282 g/mol. The summed E-state index contributed by atoms with van der Waals surface area (Å²) in [5.74, 6) is 0. The lowest BCUT2D eigenvalue weighted by atomic mass is 10.2. The zero-order chi connectivity index (χ0) is 14.8. The van der Waals surface area contributed by atoms with Crippen molar-refractivity contribution in [2.75, 3.05) is 5.32 Å². The Kier molecular flexibility index (Phi) is 3.87. The first-order valence-electron chi connectivity index (χ1n) is 5.95. The molecule has 4 nitrogen and oxygen atoms in total. The predicted octanol–water partition coefficient (Wildman–Crippen LogP) is 3.37. The van der Waals surface area contributed by atoms with Gasteiger partial charge in [-0.1, -0.05) is 0 Å². The standard InChI is InChI=1S/C13H13F3N4/c1-8-12(18-6-5-17-8)9(2)20-10-3-4-11(19-7-10)13(14,15)16/h3-7,9,20H,1-2H3. The number of hydrogen-bond acceptors (Lipinski definition) is 4. The molecule has 0 amide bonds. The van der Waals surface area contributed by atoms with Crippen LogP contribution in [0.1, 0.15) is 30.0 Å². The zero-order valence-corrected chi connectivity index (χ0v) is 10.9. The highest BCUT2D eigenvalue weighted by molar-refractivity contribution is 5.43. The Balaban J connectivity index is 2.13. The van der Waals surface area contributed by atoms with Gasteiger partial charge >= 0.3 is 6.18 Å². The van der Waals surface area contributed by atoms with Gasteiger partial charge in [0.1, 0.15) is 5.69 Å². The van der Waals surface area contributed by atoms with Crippen molar-refractivity contribution >= 4 is 5.69 Å². The van der Waals surface area contributed by atoms with Crippen LogP contribution in [-0.2, 0) is 6.18 Å². The number of aromatic nitrogens is 3. The number of anilines is 1. The van der Waals surface area contributed by atoms with Gasteiger partial charge < -0.3 is 5.32 Å². The summed E-state index contributed by atoms with van der Waals surface area (Å²) in [6.45, 7) is 3.68. The van der Waals surface area contributed by atoms with Gasteiger partial charge in [0.05, 0.1) is 29.3 Å². The number of halogens is 3. The lowest BCUT2D eigenvalue weighted by Gasteiger charge is -2.16. The maximum atomic E-state index is 12.4. The summed E-state index contributed by atoms with van der Waals surface area (Å²) in [5.41, 5.74) is 1.10. The van der Waals surface area contributed by atoms with E-state index in [1.54, 1.807) is 12.4 Å². The number of alkyl halides is 3. The van der Waals surface area contributed by atoms with Gasteiger partial charge in [-0.3, -0.25) is 9.97 Å². The fraction of sp³-hybridized carbons (Fsp3) is 0.308. The van der Waals surface area contributed by atoms with E-state index in [9.17, 15) is 13.2 Å². The lowest BCUT2D eigenvalue weighted by molar-refractivity contribution is -0.141. The molecular weight excluding hydrogens is 269 g/mol. The maximum absolute atomic E-state index is 12.4. The molecule has 0 fully saturated rings. The van der Waals surface area contributed by atoms with Crippen LogP contribution in [0.2, 0.25) is 0 Å². The minimum Gasteiger partial charge on any atom is -0.376 e. The van der Waals surface area contributed by atoms with Crippen molar-refractivity contribution in [1.29, 1.82) is 0 Å². The molecular formula is C13H13F3N4. The molecule has 1 unspecified atom stereocenters. The summed E-state index contributed by atoms with van der Waals surface area (Å²) in [6, 6.07) is 2.11. The second kappa shape index (κ2) is 5.44. The fourth-order valence-electron chi connectivity index (χ4n) is 1.81. The molecule has 0 saturated heterocycles. The van der Waals surface area contributed by atoms with Crippen LogP contribution < -0.4 is 5.32 Å². The van der Waals surface area contributed by atoms with Crippen molar-refractivity contribution in [3.63, 3.8) is 0 Å². The summed E-state index contributed by atoms with van der Waals surface area (Å²) in [7, 11) is 0. The van der Waals surface area contributed by atoms with E-state index in [1.807, 2.05) is 13.8 Å². The molecule has 0 spiro atoms. The number of nitrogens with one attached hydrogen (secondary N) is 1. The summed E-state index contributed by atoms with van der Waals surface area (Å²) in [4.78, 5) is 11.7. The van der Waals surface area contributed by atoms with Gasteiger partial charge in [-0.05, 0) is 26.0 Å². The van der Waals surface area contributed by atoms with E-state index in [4.69, 9.17) is 0 Å². The molecule has 1 N–H and O–H groups in total. The van der Waals surface area contributed by atoms with Crippen molar-refractivity contribution in [3.05, 3.63) is 47.8 Å². The molecule has 1 atom stereocenters. The summed E-state index contributed by atoms with van der Waals surface area (Å²) in [6.07, 6.45) is -0.104. The van der Waals surface area contributed by atoms with Crippen LogP contribution >= 0.6 is 0 Å². The molecule has 7 heteroatoms. The van der Waals surface area contributed by atoms with Crippen molar-refractivity contribution in [1.82, 2.24) is 15.0 Å². The Morgan fingerprint density at radius 2 is 1.80 bits per heavy atom. The Hall–Kier alpha value is -2.18. The Labute approximate surface area is 114 Å². The number of hydrogen-bond donors (Lipinski definition) is 1. The number of pyridine rings is 1. The quantitative estimate of drug-likeness (QED) is 0.937. The van der Waals surface area contributed by atoms with Gasteiger partial charge in [-0.15, -0.1) is 0 Å². The molecule has 2 aromatic rings. The molecule has 0 aliphatic rings. The number of nitrogens with zero attached hydrogens (tertiary/aromatic N) is 3. The third-order valence-corrected chi connectivity index (χ3v) is 2.77. The minimum atomic E-state index is -4.42. The third-order valence-electron chi connectivity index (χ3n) is 2.77. The predicted molar refractivity (Wildman–Crippen MR) is 68.0 cm³/mol. The summed E-state index contributed by atoms with van der Waals surface area (Å²) in [5, 5.41) is 3.05. The highest BCUT2D eigenvalue weighted by Crippen LogP contribution is 2.28. The van der Waals surface area contributed by atoms with Crippen molar-refractivity contribution in [2.45, 2.75) is 26.1 Å². The average Bonchev–Trinajstić information content (AvgIpc) is 2.38. The highest BCUT2D eigenvalue weighted by Gasteiger charge is 2.32. The Morgan fingerprint density at radius 3 is 2.35 bits per heavy atom. The van der Waals surface area contributed by atoms with Crippen LogP contribution in [0, 0.1) is 6.92 Å². The van der Waals surface area contributed by atoms with E-state index < -0.39 is 11.9 Å². The third kappa shape index (κ3) is 3.23. The van der Waals surface area contributed by atoms with Gasteiger partial charge in [0.2, 0.25) is 0 Å². The van der Waals surface area contributed by atoms with Crippen LogP contribution in [0.15, 0.2) is 30.7 Å². The lowest BCUT2D eigenvalue weighted by Crippen LogP contribution is -2.12. The smallest absolute Gasteiger partial charge is 0.376 e. The largest absolute Gasteiger partial charge is 0.433 e. The molecule has 2 heterocycles. The first-order valence-corrected chi connectivity index (χ1v) is 5.95. The molecule has 106 valence electrons. The van der Waals surface area contributed by atoms with Crippen LogP contribution in [0.4, 0.5) is 18.9 Å². The molecule has 0 aliphatic carbocycles. The fourth-order valence-corrected chi connectivity index (χ4v) is 1.81. The van der Waals surface area contributed by atoms with E-state index in [0.29, 0.717) is 5.69 Å². The maximum Gasteiger partial charge on any atom is 0.433 e. The molecule has 0 aromatic carbocycles. The first kappa shape index (κ1) is 14.2. The zero-order valence-electron chi connectivity index (χ0n) is 10.9. The normalized spacial score (nSPS) is 13.1. The summed E-state index contributed by atoms with van der Waals surface area (Å²) < 4.78 is 37.2. The van der Waals surface area contributed by atoms with Gasteiger partial charge in [0.15, 0.2) is 0 Å². The van der Waals surface area contributed by atoms with Crippen LogP contribution in [0.25, 0.3) is 0 Å². The molecule has 20 heavy (non-hydrogen) atoms. The van der Waals surface area contributed by atoms with Gasteiger partial charge in [0.25, 0.3) is 0 Å². The minimum absolute atomic E-state index is 0.178. The van der Waals surface area contributed by atoms with E-state index in [2.05, 4.69) is 20.3 Å². The van der Waals surface area contributed by atoms with Crippen LogP contribution in [-0.4, -0.2) is 15.0 Å². The van der Waals surface area contributed by atoms with Crippen molar-refractivity contribution < 1.29 is 13.2 Å². The average molecular weight is 282 g/mol. The molecule has 2 aromatic heterocycles. The highest BCUT2D eigenvalue weighted by atomic mass is 19.4. The van der Waals surface area contributed by atoms with Crippen LogP contribution in [0.3, 0.4) is 0 Å². The Morgan fingerprint density at radius 1 is 1.10 bits per heavy atom. The SMILES string of the molecule is Cc1nccnc1C(C)Nc1ccc(C(F)(F)F)nc1. The van der Waals surface area contributed by atoms with Crippen molar-refractivity contribution in [2.24, 2.45) is 0 Å². The molecule has 0 saturated carbocycles. The topological polar surface area (TPSA) is 50.7 Å². The van der Waals surface area contributed by atoms with E-state index >= 15 is 0 Å². The molecule has 0 bridgehead atoms. The van der Waals surface area contributed by atoms with Gasteiger partial charge in [-0.25, -0.2) is 4.98 Å². The second-order valence-electron chi connectivity index (χ2n) is 4.32. The number of aryl methyl sites for hydroxylation is 1. The Bertz CT molecular complexity index is 581. The van der Waals surface area contributed by atoms with Crippen LogP contribution in [0.5, 0.6) is 0 Å². The molecule has 0 radical (unpaired) electrons. The van der Waals surface area contributed by atoms with Crippen molar-refractivity contribution in [3.8, 4) is 0 Å². The number of rotatable bonds is 3. The second-order valence-corrected chi connectivity index (χ2v) is 4.32. The molecule has 2 rings (SSSR count).